The molecule has 7 nitrogen and oxygen atoms in total. The number of para-hydroxylation sites is 1. The first kappa shape index (κ1) is 17.0. The van der Waals surface area contributed by atoms with E-state index in [0.29, 0.717) is 11.4 Å². The fourth-order valence-corrected chi connectivity index (χ4v) is 1.31. The first-order valence-corrected chi connectivity index (χ1v) is 6.37. The summed E-state index contributed by atoms with van der Waals surface area (Å²) in [4.78, 5) is 19.6. The molecule has 0 bridgehead atoms. The topological polar surface area (TPSA) is 98.0 Å². The number of carboxylic acid groups (broad SMARTS) is 1. The van der Waals surface area contributed by atoms with Crippen molar-refractivity contribution >= 4 is 23.8 Å². The number of aromatic nitrogens is 1. The number of nitrogens with zero attached hydrogens (tertiary/aromatic N) is 3. The van der Waals surface area contributed by atoms with Gasteiger partial charge in [0.05, 0.1) is 12.5 Å². The number of pyridine rings is 1. The quantitative estimate of drug-likeness (QED) is 0.598. The molecule has 0 aliphatic heterocycles. The summed E-state index contributed by atoms with van der Waals surface area (Å²) in [6, 6.07) is 10.4. The molecule has 2 aromatic rings. The molecule has 1 amide bonds. The summed E-state index contributed by atoms with van der Waals surface area (Å²) < 4.78 is 0. The van der Waals surface area contributed by atoms with Gasteiger partial charge in [-0.05, 0) is 18.2 Å². The number of hydrogen-bond donors (Lipinski definition) is 3. The number of carbonyl (C=O) groups is 1. The average molecular weight is 302 g/mol. The molecule has 0 fully saturated rings. The van der Waals surface area contributed by atoms with Gasteiger partial charge in [-0.1, -0.05) is 18.2 Å². The first-order chi connectivity index (χ1) is 10.5. The van der Waals surface area contributed by atoms with Gasteiger partial charge in [-0.15, -0.1) is 0 Å². The second-order valence-corrected chi connectivity index (χ2v) is 4.37. The van der Waals surface area contributed by atoms with Crippen molar-refractivity contribution in [2.45, 2.75) is 0 Å². The van der Waals surface area contributed by atoms with Crippen LogP contribution in [0.4, 0.5) is 16.2 Å². The summed E-state index contributed by atoms with van der Waals surface area (Å²) in [5.74, 6) is 0.0931. The number of rotatable bonds is 3. The summed E-state index contributed by atoms with van der Waals surface area (Å²) in [5.41, 5.74) is 1.12. The lowest BCUT2D eigenvalue weighted by Gasteiger charge is -2.02. The lowest BCUT2D eigenvalue weighted by Crippen LogP contribution is -2.06. The molecule has 1 aromatic carbocycles. The minimum Gasteiger partial charge on any atom is -0.504 e. The van der Waals surface area contributed by atoms with Gasteiger partial charge in [-0.25, -0.2) is 9.79 Å². The number of aliphatic imine (C=N–C) groups is 1. The zero-order valence-corrected chi connectivity index (χ0v) is 12.3. The fraction of sp³-hybridized carbons (Fsp3) is 0.133. The molecule has 1 heterocycles. The average Bonchev–Trinajstić information content (AvgIpc) is 2.47. The van der Waals surface area contributed by atoms with Gasteiger partial charge >= 0.3 is 6.09 Å². The molecule has 0 saturated carbocycles. The second-order valence-electron chi connectivity index (χ2n) is 4.37. The van der Waals surface area contributed by atoms with E-state index in [1.54, 1.807) is 47.8 Å². The van der Waals surface area contributed by atoms with Crippen LogP contribution in [0.3, 0.4) is 0 Å². The van der Waals surface area contributed by atoms with Crippen LogP contribution >= 0.6 is 0 Å². The zero-order valence-electron chi connectivity index (χ0n) is 12.3. The van der Waals surface area contributed by atoms with Gasteiger partial charge in [0.2, 0.25) is 0 Å². The van der Waals surface area contributed by atoms with Crippen molar-refractivity contribution in [3.8, 4) is 5.75 Å². The Balaban J connectivity index is 0.000000224. The van der Waals surface area contributed by atoms with Gasteiger partial charge < -0.3 is 15.1 Å². The van der Waals surface area contributed by atoms with Crippen molar-refractivity contribution < 1.29 is 15.0 Å². The largest absolute Gasteiger partial charge is 0.504 e. The first-order valence-electron chi connectivity index (χ1n) is 6.37. The summed E-state index contributed by atoms with van der Waals surface area (Å²) in [6.45, 7) is 0. The molecule has 3 N–H and O–H groups in total. The highest BCUT2D eigenvalue weighted by atomic mass is 16.4. The van der Waals surface area contributed by atoms with Gasteiger partial charge in [0.15, 0.2) is 5.75 Å². The van der Waals surface area contributed by atoms with Crippen molar-refractivity contribution in [1.29, 1.82) is 0 Å². The van der Waals surface area contributed by atoms with Crippen LogP contribution in [0.25, 0.3) is 0 Å². The monoisotopic (exact) mass is 302 g/mol. The van der Waals surface area contributed by atoms with E-state index in [1.165, 1.54) is 6.20 Å². The smallest absolute Gasteiger partial charge is 0.409 e. The second kappa shape index (κ2) is 8.96. The molecule has 116 valence electrons. The third-order valence-electron chi connectivity index (χ3n) is 2.23. The number of benzene rings is 1. The Morgan fingerprint density at radius 2 is 1.95 bits per heavy atom. The number of aromatic hydroxyl groups is 1. The van der Waals surface area contributed by atoms with Crippen LogP contribution < -0.4 is 5.32 Å². The van der Waals surface area contributed by atoms with Gasteiger partial charge in [-0.2, -0.15) is 0 Å². The van der Waals surface area contributed by atoms with Crippen LogP contribution in [0.5, 0.6) is 5.75 Å². The lowest BCUT2D eigenvalue weighted by atomic mass is 10.3. The summed E-state index contributed by atoms with van der Waals surface area (Å²) in [6.07, 6.45) is 3.53. The van der Waals surface area contributed by atoms with Crippen LogP contribution in [0.1, 0.15) is 0 Å². The van der Waals surface area contributed by atoms with Gasteiger partial charge in [-0.3, -0.25) is 10.3 Å². The predicted octanol–water partition coefficient (Wildman–Crippen LogP) is 2.79. The van der Waals surface area contributed by atoms with E-state index < -0.39 is 6.09 Å². The van der Waals surface area contributed by atoms with E-state index in [4.69, 9.17) is 5.11 Å². The van der Waals surface area contributed by atoms with E-state index >= 15 is 0 Å². The minimum absolute atomic E-state index is 0.0931. The summed E-state index contributed by atoms with van der Waals surface area (Å²) >= 11 is 0. The molecule has 22 heavy (non-hydrogen) atoms. The molecule has 2 rings (SSSR count). The number of hydrogen-bond acceptors (Lipinski definition) is 4. The molecule has 0 spiro atoms. The van der Waals surface area contributed by atoms with E-state index in [0.717, 1.165) is 0 Å². The maximum Gasteiger partial charge on any atom is 0.409 e. The van der Waals surface area contributed by atoms with Crippen LogP contribution in [-0.4, -0.2) is 46.6 Å². The van der Waals surface area contributed by atoms with Crippen molar-refractivity contribution in [3.05, 3.63) is 48.8 Å². The fourth-order valence-electron chi connectivity index (χ4n) is 1.31. The molecular weight excluding hydrogens is 284 g/mol. The Kier molecular flexibility index (Phi) is 6.91. The highest BCUT2D eigenvalue weighted by molar-refractivity contribution is 5.82. The Bertz CT molecular complexity index is 615. The van der Waals surface area contributed by atoms with E-state index in [9.17, 15) is 9.90 Å². The molecule has 0 saturated heterocycles. The molecule has 0 aliphatic carbocycles. The van der Waals surface area contributed by atoms with Crippen LogP contribution in [0.15, 0.2) is 53.8 Å². The van der Waals surface area contributed by atoms with Crippen molar-refractivity contribution in [1.82, 2.24) is 9.88 Å². The Morgan fingerprint density at radius 1 is 1.27 bits per heavy atom. The number of anilines is 1. The van der Waals surface area contributed by atoms with E-state index in [1.807, 2.05) is 20.2 Å². The Labute approximate surface area is 128 Å². The van der Waals surface area contributed by atoms with Gasteiger partial charge in [0.1, 0.15) is 5.69 Å². The van der Waals surface area contributed by atoms with E-state index in [-0.39, 0.29) is 5.75 Å². The van der Waals surface area contributed by atoms with Crippen molar-refractivity contribution in [2.75, 3.05) is 19.4 Å². The molecule has 7 heteroatoms. The standard InChI is InChI=1S/C8H11N3O.C7H7NO2/c1-11(2)6-10-7-3-4-9-5-8(7)12;9-7(10)8-6-4-2-1-3-5-6/h3-6,12H,1-2H3;1-5,8H,(H,9,10)/b10-6+;. The number of nitrogens with one attached hydrogen (secondary N) is 1. The van der Waals surface area contributed by atoms with Crippen LogP contribution in [0.2, 0.25) is 0 Å². The minimum atomic E-state index is -1.04. The highest BCUT2D eigenvalue weighted by Gasteiger charge is 1.95. The number of amides is 1. The highest BCUT2D eigenvalue weighted by Crippen LogP contribution is 2.22. The van der Waals surface area contributed by atoms with Crippen molar-refractivity contribution in [3.63, 3.8) is 0 Å². The normalized spacial score (nSPS) is 9.73. The molecule has 0 radical (unpaired) electrons. The van der Waals surface area contributed by atoms with E-state index in [2.05, 4.69) is 15.3 Å². The van der Waals surface area contributed by atoms with Crippen molar-refractivity contribution in [2.24, 2.45) is 4.99 Å². The maximum atomic E-state index is 10.1. The van der Waals surface area contributed by atoms with Gasteiger partial charge in [0, 0.05) is 26.0 Å². The third-order valence-corrected chi connectivity index (χ3v) is 2.23. The molecular formula is C15H18N4O3. The summed E-state index contributed by atoms with van der Waals surface area (Å²) in [7, 11) is 3.73. The summed E-state index contributed by atoms with van der Waals surface area (Å²) in [5, 5.41) is 19.7. The Hall–Kier alpha value is -3.09. The lowest BCUT2D eigenvalue weighted by molar-refractivity contribution is 0.210. The molecule has 1 aromatic heterocycles. The van der Waals surface area contributed by atoms with Crippen LogP contribution in [-0.2, 0) is 0 Å². The molecule has 0 atom stereocenters. The Morgan fingerprint density at radius 3 is 2.50 bits per heavy atom. The SMILES string of the molecule is CN(C)/C=N/c1ccncc1O.O=C(O)Nc1ccccc1. The third kappa shape index (κ3) is 6.90. The zero-order chi connectivity index (χ0) is 16.4. The maximum absolute atomic E-state index is 10.1. The predicted molar refractivity (Wildman–Crippen MR) is 85.8 cm³/mol. The molecule has 0 aliphatic rings. The molecule has 0 unspecified atom stereocenters. The van der Waals surface area contributed by atoms with Crippen LogP contribution in [0, 0.1) is 0 Å². The van der Waals surface area contributed by atoms with Gasteiger partial charge in [0.25, 0.3) is 0 Å².